The van der Waals surface area contributed by atoms with Crippen LogP contribution in [-0.2, 0) is 4.79 Å². The van der Waals surface area contributed by atoms with E-state index < -0.39 is 0 Å². The maximum absolute atomic E-state index is 11.7. The molecule has 0 aliphatic heterocycles. The summed E-state index contributed by atoms with van der Waals surface area (Å²) in [7, 11) is 3.97. The lowest BCUT2D eigenvalue weighted by Crippen LogP contribution is -2.30. The molecule has 0 saturated carbocycles. The van der Waals surface area contributed by atoms with Crippen LogP contribution in [0, 0.1) is 0 Å². The van der Waals surface area contributed by atoms with Crippen molar-refractivity contribution in [3.8, 4) is 10.4 Å². The van der Waals surface area contributed by atoms with Gasteiger partial charge in [-0.2, -0.15) is 0 Å². The Morgan fingerprint density at radius 2 is 1.95 bits per heavy atom. The number of nitrogens with zero attached hydrogens (tertiary/aromatic N) is 1. The van der Waals surface area contributed by atoms with Crippen LogP contribution in [0.3, 0.4) is 0 Å². The zero-order valence-electron chi connectivity index (χ0n) is 12.4. The number of thiophene rings is 1. The smallest absolute Gasteiger partial charge is 0.244 e. The fourth-order valence-electron chi connectivity index (χ4n) is 1.82. The van der Waals surface area contributed by atoms with Gasteiger partial charge in [0, 0.05) is 28.9 Å². The van der Waals surface area contributed by atoms with E-state index in [1.54, 1.807) is 17.4 Å². The van der Waals surface area contributed by atoms with Gasteiger partial charge in [-0.1, -0.05) is 30.3 Å². The Kier molecular flexibility index (Phi) is 5.72. The average Bonchev–Trinajstić information content (AvgIpc) is 2.94. The molecule has 21 heavy (non-hydrogen) atoms. The molecule has 0 aliphatic rings. The summed E-state index contributed by atoms with van der Waals surface area (Å²) in [6.07, 6.45) is 3.46. The highest BCUT2D eigenvalue weighted by Gasteiger charge is 2.01. The van der Waals surface area contributed by atoms with Gasteiger partial charge in [0.15, 0.2) is 0 Å². The van der Waals surface area contributed by atoms with E-state index in [-0.39, 0.29) is 5.91 Å². The first-order valence-electron chi connectivity index (χ1n) is 6.91. The molecule has 1 aromatic heterocycles. The third-order valence-corrected chi connectivity index (χ3v) is 4.04. The van der Waals surface area contributed by atoms with Gasteiger partial charge in [-0.3, -0.25) is 4.79 Å². The minimum atomic E-state index is -0.0495. The molecule has 2 rings (SSSR count). The molecule has 2 aromatic rings. The van der Waals surface area contributed by atoms with Gasteiger partial charge < -0.3 is 10.2 Å². The largest absolute Gasteiger partial charge is 0.351 e. The van der Waals surface area contributed by atoms with Crippen LogP contribution in [-0.4, -0.2) is 38.0 Å². The molecule has 4 heteroatoms. The first-order chi connectivity index (χ1) is 10.1. The summed E-state index contributed by atoms with van der Waals surface area (Å²) >= 11 is 1.68. The van der Waals surface area contributed by atoms with Gasteiger partial charge in [0.05, 0.1) is 0 Å². The van der Waals surface area contributed by atoms with Gasteiger partial charge in [-0.05, 0) is 37.9 Å². The number of carbonyl (C=O) groups excluding carboxylic acids is 1. The van der Waals surface area contributed by atoms with Crippen LogP contribution >= 0.6 is 11.3 Å². The Labute approximate surface area is 129 Å². The van der Waals surface area contributed by atoms with Crippen LogP contribution in [0.5, 0.6) is 0 Å². The topological polar surface area (TPSA) is 32.3 Å². The van der Waals surface area contributed by atoms with Crippen LogP contribution in [0.25, 0.3) is 16.5 Å². The van der Waals surface area contributed by atoms with E-state index in [4.69, 9.17) is 0 Å². The second-order valence-electron chi connectivity index (χ2n) is 5.00. The van der Waals surface area contributed by atoms with E-state index in [1.807, 2.05) is 49.3 Å². The Hall–Kier alpha value is -1.91. The average molecular weight is 300 g/mol. The highest BCUT2D eigenvalue weighted by atomic mass is 32.1. The summed E-state index contributed by atoms with van der Waals surface area (Å²) in [6.45, 7) is 1.51. The lowest BCUT2D eigenvalue weighted by molar-refractivity contribution is -0.116. The van der Waals surface area contributed by atoms with E-state index >= 15 is 0 Å². The van der Waals surface area contributed by atoms with Gasteiger partial charge in [0.2, 0.25) is 5.91 Å². The Balaban J connectivity index is 1.90. The molecule has 1 aromatic carbocycles. The van der Waals surface area contributed by atoms with Crippen LogP contribution in [0.2, 0.25) is 0 Å². The van der Waals surface area contributed by atoms with Gasteiger partial charge in [-0.15, -0.1) is 11.3 Å². The molecule has 0 spiro atoms. The second-order valence-corrected chi connectivity index (χ2v) is 6.11. The Morgan fingerprint density at radius 1 is 1.19 bits per heavy atom. The Bertz CT molecular complexity index is 602. The minimum absolute atomic E-state index is 0.0495. The number of nitrogens with one attached hydrogen (secondary N) is 1. The minimum Gasteiger partial charge on any atom is -0.351 e. The van der Waals surface area contributed by atoms with E-state index in [0.29, 0.717) is 6.54 Å². The predicted octanol–water partition coefficient (Wildman–Crippen LogP) is 3.11. The normalized spacial score (nSPS) is 11.2. The summed E-state index contributed by atoms with van der Waals surface area (Å²) in [4.78, 5) is 16.0. The molecule has 0 fully saturated rings. The third kappa shape index (κ3) is 5.17. The third-order valence-electron chi connectivity index (χ3n) is 2.94. The number of rotatable bonds is 6. The van der Waals surface area contributed by atoms with Crippen molar-refractivity contribution < 1.29 is 4.79 Å². The lowest BCUT2D eigenvalue weighted by Gasteiger charge is -2.08. The quantitative estimate of drug-likeness (QED) is 0.831. The van der Waals surface area contributed by atoms with E-state index in [2.05, 4.69) is 23.5 Å². The van der Waals surface area contributed by atoms with Crippen molar-refractivity contribution in [3.63, 3.8) is 0 Å². The van der Waals surface area contributed by atoms with Gasteiger partial charge in [0.1, 0.15) is 0 Å². The van der Waals surface area contributed by atoms with Gasteiger partial charge in [-0.25, -0.2) is 0 Å². The van der Waals surface area contributed by atoms with Crippen molar-refractivity contribution in [2.24, 2.45) is 0 Å². The number of benzene rings is 1. The second kappa shape index (κ2) is 7.76. The van der Waals surface area contributed by atoms with Crippen LogP contribution in [0.4, 0.5) is 0 Å². The fraction of sp³-hybridized carbons (Fsp3) is 0.235. The first kappa shape index (κ1) is 15.5. The predicted molar refractivity (Wildman–Crippen MR) is 90.4 cm³/mol. The molecule has 0 saturated heterocycles. The van der Waals surface area contributed by atoms with Crippen LogP contribution < -0.4 is 5.32 Å². The molecule has 1 N–H and O–H groups in total. The van der Waals surface area contributed by atoms with Crippen molar-refractivity contribution in [3.05, 3.63) is 53.4 Å². The summed E-state index contributed by atoms with van der Waals surface area (Å²) < 4.78 is 0. The fourth-order valence-corrected chi connectivity index (χ4v) is 2.74. The molecule has 0 atom stereocenters. The summed E-state index contributed by atoms with van der Waals surface area (Å²) in [5.41, 5.74) is 1.21. The maximum atomic E-state index is 11.7. The van der Waals surface area contributed by atoms with E-state index in [1.165, 1.54) is 10.4 Å². The molecule has 0 radical (unpaired) electrons. The highest BCUT2D eigenvalue weighted by Crippen LogP contribution is 2.28. The molecule has 0 bridgehead atoms. The lowest BCUT2D eigenvalue weighted by atomic mass is 10.2. The van der Waals surface area contributed by atoms with Crippen LogP contribution in [0.15, 0.2) is 48.5 Å². The molecule has 0 unspecified atom stereocenters. The SMILES string of the molecule is CN(C)CCNC(=O)C=Cc1ccc(-c2ccccc2)s1. The monoisotopic (exact) mass is 300 g/mol. The number of carbonyl (C=O) groups is 1. The van der Waals surface area contributed by atoms with Crippen molar-refractivity contribution in [2.45, 2.75) is 0 Å². The molecule has 1 amide bonds. The standard InChI is InChI=1S/C17H20N2OS/c1-19(2)13-12-18-17(20)11-9-15-8-10-16(21-15)14-6-4-3-5-7-14/h3-11H,12-13H2,1-2H3,(H,18,20). The van der Waals surface area contributed by atoms with E-state index in [9.17, 15) is 4.79 Å². The van der Waals surface area contributed by atoms with Gasteiger partial charge >= 0.3 is 0 Å². The van der Waals surface area contributed by atoms with Crippen molar-refractivity contribution in [1.82, 2.24) is 10.2 Å². The molecule has 0 aliphatic carbocycles. The summed E-state index contributed by atoms with van der Waals surface area (Å²) in [5, 5.41) is 2.86. The Morgan fingerprint density at radius 3 is 2.67 bits per heavy atom. The molecule has 3 nitrogen and oxygen atoms in total. The summed E-state index contributed by atoms with van der Waals surface area (Å²) in [5.74, 6) is -0.0495. The van der Waals surface area contributed by atoms with Crippen molar-refractivity contribution in [1.29, 1.82) is 0 Å². The molecular formula is C17H20N2OS. The maximum Gasteiger partial charge on any atom is 0.244 e. The first-order valence-corrected chi connectivity index (χ1v) is 7.73. The summed E-state index contributed by atoms with van der Waals surface area (Å²) in [6, 6.07) is 14.4. The molecule has 1 heterocycles. The van der Waals surface area contributed by atoms with Crippen molar-refractivity contribution in [2.75, 3.05) is 27.2 Å². The zero-order valence-corrected chi connectivity index (χ0v) is 13.2. The number of likely N-dealkylation sites (N-methyl/N-ethyl adjacent to an activating group) is 1. The number of hydrogen-bond acceptors (Lipinski definition) is 3. The number of hydrogen-bond donors (Lipinski definition) is 1. The number of amides is 1. The zero-order chi connectivity index (χ0) is 15.1. The molecule has 110 valence electrons. The van der Waals surface area contributed by atoms with Crippen molar-refractivity contribution >= 4 is 23.3 Å². The van der Waals surface area contributed by atoms with Gasteiger partial charge in [0.25, 0.3) is 0 Å². The highest BCUT2D eigenvalue weighted by molar-refractivity contribution is 7.16. The van der Waals surface area contributed by atoms with Crippen LogP contribution in [0.1, 0.15) is 4.88 Å². The van der Waals surface area contributed by atoms with E-state index in [0.717, 1.165) is 11.4 Å². The molecular weight excluding hydrogens is 280 g/mol.